The van der Waals surface area contributed by atoms with E-state index in [1.54, 1.807) is 13.1 Å². The van der Waals surface area contributed by atoms with Crippen molar-refractivity contribution < 1.29 is 4.39 Å². The molecule has 0 bridgehead atoms. The summed E-state index contributed by atoms with van der Waals surface area (Å²) < 4.78 is 13.8. The Morgan fingerprint density at radius 2 is 2.16 bits per heavy atom. The molecule has 2 N–H and O–H groups in total. The van der Waals surface area contributed by atoms with E-state index < -0.39 is 0 Å². The van der Waals surface area contributed by atoms with Crippen LogP contribution in [0.5, 0.6) is 0 Å². The smallest absolute Gasteiger partial charge is 0.191 e. The fourth-order valence-corrected chi connectivity index (χ4v) is 2.19. The average Bonchev–Trinajstić information content (AvgIpc) is 3.20. The second kappa shape index (κ2) is 5.75. The van der Waals surface area contributed by atoms with Crippen molar-refractivity contribution >= 4 is 5.96 Å². The Morgan fingerprint density at radius 3 is 2.74 bits per heavy atom. The van der Waals surface area contributed by atoms with Gasteiger partial charge in [0.05, 0.1) is 6.54 Å². The Hall–Kier alpha value is -2.02. The quantitative estimate of drug-likeness (QED) is 0.490. The van der Waals surface area contributed by atoms with Gasteiger partial charge in [0.15, 0.2) is 5.96 Å². The fraction of sp³-hybridized carbons (Fsp3) is 0.400. The molecule has 3 nitrogen and oxygen atoms in total. The Balaban J connectivity index is 2.00. The third-order valence-electron chi connectivity index (χ3n) is 3.47. The highest BCUT2D eigenvalue weighted by molar-refractivity contribution is 5.80. The summed E-state index contributed by atoms with van der Waals surface area (Å²) in [6, 6.07) is 6.97. The maximum atomic E-state index is 13.8. The highest BCUT2D eigenvalue weighted by Gasteiger charge is 2.45. The lowest BCUT2D eigenvalue weighted by molar-refractivity contribution is 0.560. The van der Waals surface area contributed by atoms with Gasteiger partial charge in [-0.2, -0.15) is 0 Å². The van der Waals surface area contributed by atoms with Gasteiger partial charge in [-0.15, -0.1) is 6.42 Å². The van der Waals surface area contributed by atoms with Crippen LogP contribution < -0.4 is 10.6 Å². The lowest BCUT2D eigenvalue weighted by Crippen LogP contribution is -2.41. The molecule has 0 spiro atoms. The molecule has 0 aromatic heterocycles. The summed E-state index contributed by atoms with van der Waals surface area (Å²) in [6.45, 7) is 1.09. The second-order valence-corrected chi connectivity index (χ2v) is 4.74. The van der Waals surface area contributed by atoms with Crippen molar-refractivity contribution in [2.24, 2.45) is 4.99 Å². The van der Waals surface area contributed by atoms with Gasteiger partial charge in [0, 0.05) is 19.0 Å². The SMILES string of the molecule is C#CCNC(=NC)NCC1(c2ccccc2F)CC1. The Morgan fingerprint density at radius 1 is 1.42 bits per heavy atom. The van der Waals surface area contributed by atoms with E-state index in [1.807, 2.05) is 12.1 Å². The molecule has 0 atom stereocenters. The summed E-state index contributed by atoms with van der Waals surface area (Å²) in [5.74, 6) is 3.02. The van der Waals surface area contributed by atoms with Gasteiger partial charge in [0.1, 0.15) is 5.82 Å². The summed E-state index contributed by atoms with van der Waals surface area (Å²) >= 11 is 0. The topological polar surface area (TPSA) is 36.4 Å². The number of hydrogen-bond donors (Lipinski definition) is 2. The number of nitrogens with one attached hydrogen (secondary N) is 2. The monoisotopic (exact) mass is 259 g/mol. The van der Waals surface area contributed by atoms with Crippen LogP contribution in [0.2, 0.25) is 0 Å². The van der Waals surface area contributed by atoms with Crippen molar-refractivity contribution in [2.45, 2.75) is 18.3 Å². The van der Waals surface area contributed by atoms with Crippen LogP contribution >= 0.6 is 0 Å². The van der Waals surface area contributed by atoms with Crippen molar-refractivity contribution in [3.8, 4) is 12.3 Å². The third-order valence-corrected chi connectivity index (χ3v) is 3.47. The number of terminal acetylenes is 1. The van der Waals surface area contributed by atoms with E-state index >= 15 is 0 Å². The molecule has 0 unspecified atom stereocenters. The van der Waals surface area contributed by atoms with Crippen LogP contribution in [0.25, 0.3) is 0 Å². The van der Waals surface area contributed by atoms with E-state index in [4.69, 9.17) is 6.42 Å². The minimum absolute atomic E-state index is 0.0981. The van der Waals surface area contributed by atoms with Crippen molar-refractivity contribution in [3.63, 3.8) is 0 Å². The molecule has 100 valence electrons. The summed E-state index contributed by atoms with van der Waals surface area (Å²) in [4.78, 5) is 4.08. The van der Waals surface area contributed by atoms with E-state index in [-0.39, 0.29) is 11.2 Å². The first-order valence-electron chi connectivity index (χ1n) is 6.35. The van der Waals surface area contributed by atoms with Crippen LogP contribution in [-0.2, 0) is 5.41 Å². The molecule has 0 aliphatic heterocycles. The van der Waals surface area contributed by atoms with E-state index in [9.17, 15) is 4.39 Å². The normalized spacial score (nSPS) is 16.6. The maximum absolute atomic E-state index is 13.8. The van der Waals surface area contributed by atoms with Crippen LogP contribution in [0.15, 0.2) is 29.3 Å². The lowest BCUT2D eigenvalue weighted by Gasteiger charge is -2.19. The van der Waals surface area contributed by atoms with Gasteiger partial charge in [-0.1, -0.05) is 24.1 Å². The van der Waals surface area contributed by atoms with Gasteiger partial charge in [-0.05, 0) is 24.5 Å². The van der Waals surface area contributed by atoms with Gasteiger partial charge < -0.3 is 10.6 Å². The second-order valence-electron chi connectivity index (χ2n) is 4.74. The van der Waals surface area contributed by atoms with Gasteiger partial charge in [0.2, 0.25) is 0 Å². The number of nitrogens with zero attached hydrogens (tertiary/aromatic N) is 1. The molecule has 2 rings (SSSR count). The molecule has 1 aliphatic rings. The number of rotatable bonds is 4. The molecule has 0 radical (unpaired) electrons. The zero-order valence-electron chi connectivity index (χ0n) is 11.0. The number of hydrogen-bond acceptors (Lipinski definition) is 1. The molecular formula is C15H18FN3. The minimum Gasteiger partial charge on any atom is -0.355 e. The highest BCUT2D eigenvalue weighted by Crippen LogP contribution is 2.48. The summed E-state index contributed by atoms with van der Waals surface area (Å²) in [5.41, 5.74) is 0.689. The standard InChI is InChI=1S/C15H18FN3/c1-3-10-18-14(17-2)19-11-15(8-9-15)12-6-4-5-7-13(12)16/h1,4-7H,8-11H2,2H3,(H2,17,18,19). The van der Waals surface area contributed by atoms with Gasteiger partial charge in [0.25, 0.3) is 0 Å². The van der Waals surface area contributed by atoms with E-state index in [1.165, 1.54) is 6.07 Å². The first kappa shape index (κ1) is 13.4. The maximum Gasteiger partial charge on any atom is 0.191 e. The molecule has 0 amide bonds. The van der Waals surface area contributed by atoms with Gasteiger partial charge >= 0.3 is 0 Å². The number of aliphatic imine (C=N–C) groups is 1. The van der Waals surface area contributed by atoms with Gasteiger partial charge in [-0.3, -0.25) is 4.99 Å². The Bertz CT molecular complexity index is 512. The Kier molecular flexibility index (Phi) is 4.06. The molecule has 0 heterocycles. The fourth-order valence-electron chi connectivity index (χ4n) is 2.19. The molecule has 19 heavy (non-hydrogen) atoms. The number of halogens is 1. The summed E-state index contributed by atoms with van der Waals surface area (Å²) in [6.07, 6.45) is 7.18. The molecule has 0 saturated heterocycles. The van der Waals surface area contributed by atoms with E-state index in [2.05, 4.69) is 21.5 Å². The summed E-state index contributed by atoms with van der Waals surface area (Å²) in [5, 5.41) is 6.20. The van der Waals surface area contributed by atoms with Crippen LogP contribution in [-0.4, -0.2) is 26.1 Å². The molecule has 1 fully saturated rings. The van der Waals surface area contributed by atoms with Crippen molar-refractivity contribution in [1.29, 1.82) is 0 Å². The van der Waals surface area contributed by atoms with Crippen LogP contribution in [0.1, 0.15) is 18.4 Å². The zero-order valence-corrected chi connectivity index (χ0v) is 11.0. The molecule has 1 aliphatic carbocycles. The molecule has 1 saturated carbocycles. The number of guanidine groups is 1. The largest absolute Gasteiger partial charge is 0.355 e. The molecule has 1 aromatic carbocycles. The highest BCUT2D eigenvalue weighted by atomic mass is 19.1. The van der Waals surface area contributed by atoms with Crippen LogP contribution in [0.4, 0.5) is 4.39 Å². The van der Waals surface area contributed by atoms with Crippen LogP contribution in [0, 0.1) is 18.2 Å². The molecule has 1 aromatic rings. The first-order valence-corrected chi connectivity index (χ1v) is 6.35. The average molecular weight is 259 g/mol. The Labute approximate surface area is 113 Å². The minimum atomic E-state index is -0.131. The van der Waals surface area contributed by atoms with E-state index in [0.717, 1.165) is 18.4 Å². The molecule has 4 heteroatoms. The van der Waals surface area contributed by atoms with Crippen molar-refractivity contribution in [1.82, 2.24) is 10.6 Å². The summed E-state index contributed by atoms with van der Waals surface area (Å²) in [7, 11) is 1.69. The predicted octanol–water partition coefficient (Wildman–Crippen LogP) is 1.66. The number of benzene rings is 1. The third kappa shape index (κ3) is 3.05. The van der Waals surface area contributed by atoms with E-state index in [0.29, 0.717) is 19.0 Å². The zero-order chi connectivity index (χ0) is 13.7. The predicted molar refractivity (Wildman–Crippen MR) is 75.5 cm³/mol. The van der Waals surface area contributed by atoms with Gasteiger partial charge in [-0.25, -0.2) is 4.39 Å². The lowest BCUT2D eigenvalue weighted by atomic mass is 9.95. The van der Waals surface area contributed by atoms with Crippen molar-refractivity contribution in [3.05, 3.63) is 35.6 Å². The first-order chi connectivity index (χ1) is 9.22. The van der Waals surface area contributed by atoms with Crippen molar-refractivity contribution in [2.75, 3.05) is 20.1 Å². The molecular weight excluding hydrogens is 241 g/mol. The van der Waals surface area contributed by atoms with Crippen LogP contribution in [0.3, 0.4) is 0 Å².